The zero-order chi connectivity index (χ0) is 17.6. The summed E-state index contributed by atoms with van der Waals surface area (Å²) in [6.45, 7) is 4.55. The van der Waals surface area contributed by atoms with Crippen LogP contribution in [0.5, 0.6) is 0 Å². The highest BCUT2D eigenvalue weighted by Crippen LogP contribution is 2.27. The van der Waals surface area contributed by atoms with Crippen LogP contribution in [0.15, 0.2) is 34.8 Å². The number of rotatable bonds is 3. The molecule has 4 rings (SSSR count). The quantitative estimate of drug-likeness (QED) is 0.731. The minimum atomic E-state index is -0.286. The number of fused-ring (bicyclic) bond motifs is 1. The lowest BCUT2D eigenvalue weighted by Gasteiger charge is -2.18. The van der Waals surface area contributed by atoms with Gasteiger partial charge in [0, 0.05) is 16.7 Å². The van der Waals surface area contributed by atoms with Gasteiger partial charge in [-0.1, -0.05) is 15.9 Å². The highest BCUT2D eigenvalue weighted by Gasteiger charge is 2.33. The molecule has 0 aliphatic carbocycles. The third kappa shape index (κ3) is 2.86. The highest BCUT2D eigenvalue weighted by molar-refractivity contribution is 9.10. The van der Waals surface area contributed by atoms with Crippen molar-refractivity contribution in [3.63, 3.8) is 0 Å². The van der Waals surface area contributed by atoms with Crippen molar-refractivity contribution in [3.8, 4) is 0 Å². The summed E-state index contributed by atoms with van der Waals surface area (Å²) in [5.41, 5.74) is 2.72. The number of carbonyl (C=O) groups excluding carboxylic acids is 1. The molecular weight excluding hydrogens is 384 g/mol. The number of amides is 1. The monoisotopic (exact) mass is 400 g/mol. The lowest BCUT2D eigenvalue weighted by atomic mass is 10.2. The zero-order valence-electron chi connectivity index (χ0n) is 13.9. The second kappa shape index (κ2) is 6.11. The average molecular weight is 401 g/mol. The number of hydrogen-bond acceptors (Lipinski definition) is 5. The van der Waals surface area contributed by atoms with Gasteiger partial charge >= 0.3 is 0 Å². The predicted octanol–water partition coefficient (Wildman–Crippen LogP) is 2.72. The number of aryl methyl sites for hydroxylation is 2. The van der Waals surface area contributed by atoms with Crippen LogP contribution in [0.1, 0.15) is 17.8 Å². The van der Waals surface area contributed by atoms with Gasteiger partial charge in [-0.3, -0.25) is 4.79 Å². The van der Waals surface area contributed by atoms with Crippen molar-refractivity contribution in [2.45, 2.75) is 26.3 Å². The molecule has 1 N–H and O–H groups in total. The van der Waals surface area contributed by atoms with E-state index >= 15 is 0 Å². The van der Waals surface area contributed by atoms with Crippen LogP contribution < -0.4 is 10.2 Å². The van der Waals surface area contributed by atoms with Crippen LogP contribution in [0.2, 0.25) is 0 Å². The van der Waals surface area contributed by atoms with E-state index in [1.54, 1.807) is 4.52 Å². The Bertz CT molecular complexity index is 969. The fourth-order valence-electron chi connectivity index (χ4n) is 3.02. The fourth-order valence-corrected chi connectivity index (χ4v) is 3.27. The number of nitrogens with zero attached hydrogens (tertiary/aromatic N) is 5. The molecule has 0 saturated carbocycles. The molecule has 3 heterocycles. The highest BCUT2D eigenvalue weighted by atomic mass is 79.9. The first-order valence-electron chi connectivity index (χ1n) is 8.06. The number of nitrogens with one attached hydrogen (secondary N) is 1. The molecular formula is C17H17BrN6O. The molecule has 3 aromatic rings. The molecule has 1 aliphatic rings. The Hall–Kier alpha value is -2.48. The third-order valence-corrected chi connectivity index (χ3v) is 5.29. The molecule has 7 nitrogen and oxygen atoms in total. The van der Waals surface area contributed by atoms with E-state index in [2.05, 4.69) is 36.5 Å². The Morgan fingerprint density at radius 3 is 2.84 bits per heavy atom. The van der Waals surface area contributed by atoms with E-state index in [1.165, 1.54) is 0 Å². The fraction of sp³-hybridized carbons (Fsp3) is 0.294. The van der Waals surface area contributed by atoms with E-state index in [0.717, 1.165) is 22.1 Å². The molecule has 25 heavy (non-hydrogen) atoms. The van der Waals surface area contributed by atoms with Crippen molar-refractivity contribution in [1.29, 1.82) is 0 Å². The molecule has 1 aromatic carbocycles. The van der Waals surface area contributed by atoms with Crippen molar-refractivity contribution in [2.75, 3.05) is 16.8 Å². The molecule has 1 unspecified atom stereocenters. The predicted molar refractivity (Wildman–Crippen MR) is 98.8 cm³/mol. The third-order valence-electron chi connectivity index (χ3n) is 4.40. The number of halogens is 1. The number of carbonyl (C=O) groups is 1. The summed E-state index contributed by atoms with van der Waals surface area (Å²) in [6, 6.07) is 9.33. The summed E-state index contributed by atoms with van der Waals surface area (Å²) in [6.07, 6.45) is 0.731. The van der Waals surface area contributed by atoms with E-state index in [-0.39, 0.29) is 11.9 Å². The smallest absolute Gasteiger partial charge is 0.249 e. The maximum atomic E-state index is 12.8. The van der Waals surface area contributed by atoms with Crippen LogP contribution in [0.3, 0.4) is 0 Å². The molecule has 1 saturated heterocycles. The van der Waals surface area contributed by atoms with Crippen LogP contribution in [0.25, 0.3) is 5.65 Å². The number of benzene rings is 1. The summed E-state index contributed by atoms with van der Waals surface area (Å²) in [5.74, 6) is 1.41. The molecule has 128 valence electrons. The maximum Gasteiger partial charge on any atom is 0.249 e. The largest absolute Gasteiger partial charge is 0.357 e. The van der Waals surface area contributed by atoms with Gasteiger partial charge in [0.05, 0.1) is 0 Å². The minimum absolute atomic E-state index is 0.0593. The average Bonchev–Trinajstić information content (AvgIpc) is 3.14. The van der Waals surface area contributed by atoms with Crippen LogP contribution >= 0.6 is 15.9 Å². The summed E-state index contributed by atoms with van der Waals surface area (Å²) in [4.78, 5) is 14.6. The molecule has 1 fully saturated rings. The molecule has 2 aromatic heterocycles. The van der Waals surface area contributed by atoms with Gasteiger partial charge < -0.3 is 10.2 Å². The van der Waals surface area contributed by atoms with Gasteiger partial charge in [0.2, 0.25) is 5.91 Å². The Morgan fingerprint density at radius 1 is 1.20 bits per heavy atom. The molecule has 0 bridgehead atoms. The van der Waals surface area contributed by atoms with Crippen molar-refractivity contribution >= 4 is 39.0 Å². The number of aromatic nitrogens is 4. The van der Waals surface area contributed by atoms with Gasteiger partial charge in [0.15, 0.2) is 11.5 Å². The van der Waals surface area contributed by atoms with Gasteiger partial charge in [-0.15, -0.1) is 15.3 Å². The lowest BCUT2D eigenvalue weighted by molar-refractivity contribution is -0.117. The van der Waals surface area contributed by atoms with Gasteiger partial charge in [0.25, 0.3) is 0 Å². The molecule has 1 amide bonds. The number of anilines is 2. The Kier molecular flexibility index (Phi) is 3.91. The van der Waals surface area contributed by atoms with E-state index in [4.69, 9.17) is 0 Å². The minimum Gasteiger partial charge on any atom is -0.357 e. The number of hydrogen-bond donors (Lipinski definition) is 1. The Morgan fingerprint density at radius 2 is 2.04 bits per heavy atom. The second-order valence-electron chi connectivity index (χ2n) is 6.14. The van der Waals surface area contributed by atoms with Gasteiger partial charge in [0.1, 0.15) is 11.9 Å². The summed E-state index contributed by atoms with van der Waals surface area (Å²) < 4.78 is 2.71. The Labute approximate surface area is 153 Å². The zero-order valence-corrected chi connectivity index (χ0v) is 15.5. The first kappa shape index (κ1) is 16.0. The van der Waals surface area contributed by atoms with Gasteiger partial charge in [-0.25, -0.2) is 0 Å². The SMILES string of the molecule is Cc1cc(N2CCC(Nc3ccc4nnc(C)n4n3)C2=O)ccc1Br. The van der Waals surface area contributed by atoms with Crippen LogP contribution in [-0.4, -0.2) is 38.3 Å². The van der Waals surface area contributed by atoms with Crippen LogP contribution in [0.4, 0.5) is 11.5 Å². The van der Waals surface area contributed by atoms with E-state index in [9.17, 15) is 4.79 Å². The molecule has 1 atom stereocenters. The van der Waals surface area contributed by atoms with Crippen LogP contribution in [0, 0.1) is 13.8 Å². The van der Waals surface area contributed by atoms with Crippen molar-refractivity contribution < 1.29 is 4.79 Å². The van der Waals surface area contributed by atoms with E-state index in [1.807, 2.05) is 49.1 Å². The first-order chi connectivity index (χ1) is 12.0. The van der Waals surface area contributed by atoms with E-state index in [0.29, 0.717) is 23.8 Å². The molecule has 8 heteroatoms. The maximum absolute atomic E-state index is 12.8. The first-order valence-corrected chi connectivity index (χ1v) is 8.85. The molecule has 1 aliphatic heterocycles. The van der Waals surface area contributed by atoms with Crippen LogP contribution in [-0.2, 0) is 4.79 Å². The van der Waals surface area contributed by atoms with Crippen molar-refractivity contribution in [3.05, 3.63) is 46.2 Å². The van der Waals surface area contributed by atoms with E-state index < -0.39 is 0 Å². The van der Waals surface area contributed by atoms with Gasteiger partial charge in [-0.05, 0) is 56.2 Å². The molecule has 0 spiro atoms. The standard InChI is InChI=1S/C17H17BrN6O/c1-10-9-12(3-4-13(10)18)23-8-7-14(17(23)25)19-15-5-6-16-21-20-11(2)24(16)22-15/h3-6,9,14H,7-8H2,1-2H3,(H,19,22). The molecule has 0 radical (unpaired) electrons. The Balaban J connectivity index is 1.54. The topological polar surface area (TPSA) is 75.4 Å². The van der Waals surface area contributed by atoms with Gasteiger partial charge in [-0.2, -0.15) is 4.52 Å². The summed E-state index contributed by atoms with van der Waals surface area (Å²) in [5, 5.41) is 15.7. The normalized spacial score (nSPS) is 17.5. The summed E-state index contributed by atoms with van der Waals surface area (Å²) >= 11 is 3.49. The van der Waals surface area contributed by atoms with Crippen molar-refractivity contribution in [1.82, 2.24) is 19.8 Å². The summed E-state index contributed by atoms with van der Waals surface area (Å²) in [7, 11) is 0. The van der Waals surface area contributed by atoms with Crippen molar-refractivity contribution in [2.24, 2.45) is 0 Å². The lowest BCUT2D eigenvalue weighted by Crippen LogP contribution is -2.33. The second-order valence-corrected chi connectivity index (χ2v) is 7.00.